The first-order valence-electron chi connectivity index (χ1n) is 10.1. The van der Waals surface area contributed by atoms with Crippen LogP contribution in [0.25, 0.3) is 16.9 Å². The Labute approximate surface area is 184 Å². The summed E-state index contributed by atoms with van der Waals surface area (Å²) in [6.45, 7) is 6.95. The van der Waals surface area contributed by atoms with Crippen LogP contribution in [0.15, 0.2) is 47.3 Å². The van der Waals surface area contributed by atoms with E-state index in [2.05, 4.69) is 26.2 Å². The molecule has 1 aliphatic heterocycles. The van der Waals surface area contributed by atoms with Gasteiger partial charge < -0.3 is 19.4 Å². The van der Waals surface area contributed by atoms with E-state index in [-0.39, 0.29) is 12.1 Å². The van der Waals surface area contributed by atoms with Gasteiger partial charge in [-0.1, -0.05) is 28.1 Å². The second-order valence-corrected chi connectivity index (χ2v) is 9.47. The maximum Gasteiger partial charge on any atom is 0.410 e. The zero-order valence-corrected chi connectivity index (χ0v) is 19.0. The molecule has 3 aromatic rings. The lowest BCUT2D eigenvalue weighted by molar-refractivity contribution is 0.0206. The second kappa shape index (κ2) is 8.26. The number of benzene rings is 1. The number of nitrogens with one attached hydrogen (secondary N) is 1. The SMILES string of the molecule is CC(C)(C)OC(=O)N1CCC[C@H](Nc2nccn3cc(-c4cccc(Br)c4)nc23)C1. The van der Waals surface area contributed by atoms with Crippen LogP contribution in [0.2, 0.25) is 0 Å². The van der Waals surface area contributed by atoms with Crippen molar-refractivity contribution < 1.29 is 9.53 Å². The third kappa shape index (κ3) is 4.75. The van der Waals surface area contributed by atoms with Gasteiger partial charge in [-0.25, -0.2) is 14.8 Å². The van der Waals surface area contributed by atoms with Crippen LogP contribution in [0.3, 0.4) is 0 Å². The number of rotatable bonds is 3. The van der Waals surface area contributed by atoms with Gasteiger partial charge in [-0.05, 0) is 45.7 Å². The number of aromatic nitrogens is 3. The van der Waals surface area contributed by atoms with Crippen molar-refractivity contribution in [3.63, 3.8) is 0 Å². The smallest absolute Gasteiger partial charge is 0.410 e. The number of hydrogen-bond donors (Lipinski definition) is 1. The molecule has 0 bridgehead atoms. The second-order valence-electron chi connectivity index (χ2n) is 8.55. The molecule has 0 aliphatic carbocycles. The number of piperidine rings is 1. The third-order valence-electron chi connectivity index (χ3n) is 4.91. The molecule has 158 valence electrons. The summed E-state index contributed by atoms with van der Waals surface area (Å²) in [4.78, 5) is 23.5. The zero-order valence-electron chi connectivity index (χ0n) is 17.4. The minimum atomic E-state index is -0.497. The number of anilines is 1. The van der Waals surface area contributed by atoms with Crippen LogP contribution >= 0.6 is 15.9 Å². The number of likely N-dealkylation sites (tertiary alicyclic amines) is 1. The van der Waals surface area contributed by atoms with Crippen LogP contribution in [-0.2, 0) is 4.74 Å². The van der Waals surface area contributed by atoms with Gasteiger partial charge in [0.1, 0.15) is 5.60 Å². The van der Waals surface area contributed by atoms with E-state index in [9.17, 15) is 4.79 Å². The first-order chi connectivity index (χ1) is 14.3. The predicted octanol–water partition coefficient (Wildman–Crippen LogP) is 4.97. The summed E-state index contributed by atoms with van der Waals surface area (Å²) in [5.74, 6) is 0.717. The highest BCUT2D eigenvalue weighted by Crippen LogP contribution is 2.25. The van der Waals surface area contributed by atoms with Crippen LogP contribution in [0, 0.1) is 0 Å². The van der Waals surface area contributed by atoms with E-state index in [0.29, 0.717) is 13.1 Å². The summed E-state index contributed by atoms with van der Waals surface area (Å²) in [5, 5.41) is 3.49. The standard InChI is InChI=1S/C22H26BrN5O2/c1-22(2,3)30-21(29)28-10-5-8-17(13-28)25-19-20-26-18(14-27(20)11-9-24-19)15-6-4-7-16(23)12-15/h4,6-7,9,11-12,14,17H,5,8,10,13H2,1-3H3,(H,24,25)/t17-/m0/s1. The summed E-state index contributed by atoms with van der Waals surface area (Å²) in [6.07, 6.45) is 7.26. The highest BCUT2D eigenvalue weighted by Gasteiger charge is 2.28. The molecule has 1 aliphatic rings. The molecule has 4 rings (SSSR count). The number of nitrogens with zero attached hydrogens (tertiary/aromatic N) is 4. The summed E-state index contributed by atoms with van der Waals surface area (Å²) < 4.78 is 8.52. The molecule has 3 heterocycles. The fourth-order valence-corrected chi connectivity index (χ4v) is 3.99. The molecular weight excluding hydrogens is 446 g/mol. The maximum absolute atomic E-state index is 12.5. The van der Waals surface area contributed by atoms with Crippen molar-refractivity contribution in [2.75, 3.05) is 18.4 Å². The quantitative estimate of drug-likeness (QED) is 0.583. The van der Waals surface area contributed by atoms with Crippen LogP contribution in [-0.4, -0.2) is 50.1 Å². The van der Waals surface area contributed by atoms with Crippen LogP contribution in [0.1, 0.15) is 33.6 Å². The molecule has 8 heteroatoms. The number of carbonyl (C=O) groups excluding carboxylic acids is 1. The van der Waals surface area contributed by atoms with Gasteiger partial charge in [-0.2, -0.15) is 0 Å². The predicted molar refractivity (Wildman–Crippen MR) is 121 cm³/mol. The Balaban J connectivity index is 1.53. The summed E-state index contributed by atoms with van der Waals surface area (Å²) in [7, 11) is 0. The molecular formula is C22H26BrN5O2. The highest BCUT2D eigenvalue weighted by molar-refractivity contribution is 9.10. The van der Waals surface area contributed by atoms with E-state index in [1.807, 2.05) is 61.8 Å². The number of fused-ring (bicyclic) bond motifs is 1. The van der Waals surface area contributed by atoms with Crippen LogP contribution in [0.4, 0.5) is 10.6 Å². The lowest BCUT2D eigenvalue weighted by Crippen LogP contribution is -2.47. The number of imidazole rings is 1. The minimum Gasteiger partial charge on any atom is -0.444 e. The summed E-state index contributed by atoms with van der Waals surface area (Å²) in [5.41, 5.74) is 2.18. The van der Waals surface area contributed by atoms with E-state index in [4.69, 9.17) is 9.72 Å². The average molecular weight is 472 g/mol. The average Bonchev–Trinajstić information content (AvgIpc) is 3.12. The van der Waals surface area contributed by atoms with Crippen LogP contribution in [0.5, 0.6) is 0 Å². The molecule has 1 N–H and O–H groups in total. The number of amides is 1. The fraction of sp³-hybridized carbons (Fsp3) is 0.409. The Morgan fingerprint density at radius 1 is 1.33 bits per heavy atom. The molecule has 1 amide bonds. The molecule has 0 saturated carbocycles. The topological polar surface area (TPSA) is 71.8 Å². The Bertz CT molecular complexity index is 1060. The highest BCUT2D eigenvalue weighted by atomic mass is 79.9. The van der Waals surface area contributed by atoms with Gasteiger partial charge >= 0.3 is 6.09 Å². The first-order valence-corrected chi connectivity index (χ1v) is 10.9. The van der Waals surface area contributed by atoms with Crippen LogP contribution < -0.4 is 5.32 Å². The van der Waals surface area contributed by atoms with Gasteiger partial charge in [0.05, 0.1) is 5.69 Å². The van der Waals surface area contributed by atoms with Crippen molar-refractivity contribution in [1.29, 1.82) is 0 Å². The Kier molecular flexibility index (Phi) is 5.69. The first kappa shape index (κ1) is 20.7. The molecule has 30 heavy (non-hydrogen) atoms. The van der Waals surface area contributed by atoms with Crippen molar-refractivity contribution >= 4 is 33.5 Å². The molecule has 7 nitrogen and oxygen atoms in total. The molecule has 0 spiro atoms. The Morgan fingerprint density at radius 3 is 2.93 bits per heavy atom. The van der Waals surface area contributed by atoms with E-state index in [1.54, 1.807) is 11.1 Å². The number of ether oxygens (including phenoxy) is 1. The third-order valence-corrected chi connectivity index (χ3v) is 5.40. The molecule has 0 unspecified atom stereocenters. The minimum absolute atomic E-state index is 0.0935. The largest absolute Gasteiger partial charge is 0.444 e. The van der Waals surface area contributed by atoms with Gasteiger partial charge in [0.2, 0.25) is 0 Å². The summed E-state index contributed by atoms with van der Waals surface area (Å²) in [6, 6.07) is 8.16. The van der Waals surface area contributed by atoms with Crippen molar-refractivity contribution in [2.45, 2.75) is 45.3 Å². The zero-order chi connectivity index (χ0) is 21.3. The normalized spacial score (nSPS) is 17.2. The van der Waals surface area contributed by atoms with E-state index in [0.717, 1.165) is 40.0 Å². The monoisotopic (exact) mass is 471 g/mol. The Hall–Kier alpha value is -2.61. The lowest BCUT2D eigenvalue weighted by atomic mass is 10.1. The number of hydrogen-bond acceptors (Lipinski definition) is 5. The molecule has 1 aromatic carbocycles. The lowest BCUT2D eigenvalue weighted by Gasteiger charge is -2.34. The van der Waals surface area contributed by atoms with Gasteiger partial charge in [-0.15, -0.1) is 0 Å². The molecule has 1 saturated heterocycles. The van der Waals surface area contributed by atoms with E-state index in [1.165, 1.54) is 0 Å². The van der Waals surface area contributed by atoms with E-state index < -0.39 is 5.60 Å². The van der Waals surface area contributed by atoms with Gasteiger partial charge in [0.15, 0.2) is 11.5 Å². The fourth-order valence-electron chi connectivity index (χ4n) is 3.59. The number of halogens is 1. The molecule has 1 fully saturated rings. The summed E-state index contributed by atoms with van der Waals surface area (Å²) >= 11 is 3.52. The Morgan fingerprint density at radius 2 is 2.17 bits per heavy atom. The van der Waals surface area contributed by atoms with Gasteiger partial charge in [0, 0.05) is 47.8 Å². The van der Waals surface area contributed by atoms with Crippen molar-refractivity contribution in [3.05, 3.63) is 47.3 Å². The molecule has 1 atom stereocenters. The van der Waals surface area contributed by atoms with Gasteiger partial charge in [0.25, 0.3) is 0 Å². The van der Waals surface area contributed by atoms with E-state index >= 15 is 0 Å². The van der Waals surface area contributed by atoms with Gasteiger partial charge in [-0.3, -0.25) is 0 Å². The number of carbonyl (C=O) groups is 1. The van der Waals surface area contributed by atoms with Crippen molar-refractivity contribution in [3.8, 4) is 11.3 Å². The van der Waals surface area contributed by atoms with Crippen molar-refractivity contribution in [1.82, 2.24) is 19.3 Å². The van der Waals surface area contributed by atoms with Crippen molar-refractivity contribution in [2.24, 2.45) is 0 Å². The maximum atomic E-state index is 12.5. The molecule has 2 aromatic heterocycles. The molecule has 0 radical (unpaired) electrons.